The summed E-state index contributed by atoms with van der Waals surface area (Å²) in [5.41, 5.74) is 0.555. The minimum Gasteiger partial charge on any atom is -0.481 e. The van der Waals surface area contributed by atoms with Gasteiger partial charge in [0.05, 0.1) is 11.6 Å². The van der Waals surface area contributed by atoms with Gasteiger partial charge in [-0.1, -0.05) is 26.7 Å². The first-order chi connectivity index (χ1) is 8.54. The van der Waals surface area contributed by atoms with Crippen molar-refractivity contribution in [3.8, 4) is 0 Å². The van der Waals surface area contributed by atoms with Crippen LogP contribution in [0.1, 0.15) is 51.5 Å². The number of carboxylic acids is 1. The highest BCUT2D eigenvalue weighted by molar-refractivity contribution is 5.74. The van der Waals surface area contributed by atoms with Gasteiger partial charge in [-0.15, -0.1) is 0 Å². The Morgan fingerprint density at radius 1 is 1.44 bits per heavy atom. The average Bonchev–Trinajstić information content (AvgIpc) is 2.76. The molecule has 0 saturated heterocycles. The molecule has 1 unspecified atom stereocenters. The van der Waals surface area contributed by atoms with Gasteiger partial charge < -0.3 is 5.11 Å². The number of hydrogen-bond acceptors (Lipinski definition) is 2. The molecule has 1 heterocycles. The van der Waals surface area contributed by atoms with E-state index in [0.717, 1.165) is 31.2 Å². The summed E-state index contributed by atoms with van der Waals surface area (Å²) in [7, 11) is 1.88. The van der Waals surface area contributed by atoms with Crippen LogP contribution in [0.2, 0.25) is 0 Å². The molecule has 0 radical (unpaired) electrons. The van der Waals surface area contributed by atoms with Crippen LogP contribution in [-0.2, 0) is 18.3 Å². The lowest BCUT2D eigenvalue weighted by Gasteiger charge is -2.28. The Hall–Kier alpha value is -1.32. The van der Waals surface area contributed by atoms with Crippen molar-refractivity contribution in [1.29, 1.82) is 0 Å². The molecule has 1 N–H and O–H groups in total. The number of rotatable bonds is 8. The fourth-order valence-corrected chi connectivity index (χ4v) is 2.34. The molecule has 1 aromatic rings. The number of carboxylic acid groups (broad SMARTS) is 1. The molecule has 0 aliphatic rings. The van der Waals surface area contributed by atoms with Gasteiger partial charge in [0.1, 0.15) is 0 Å². The smallest absolute Gasteiger partial charge is 0.309 e. The lowest BCUT2D eigenvalue weighted by Crippen LogP contribution is -2.31. The van der Waals surface area contributed by atoms with E-state index < -0.39 is 11.4 Å². The van der Waals surface area contributed by atoms with E-state index in [0.29, 0.717) is 12.8 Å². The van der Waals surface area contributed by atoms with Gasteiger partial charge in [0, 0.05) is 13.2 Å². The molecule has 4 heteroatoms. The Bertz CT molecular complexity index is 387. The molecular weight excluding hydrogens is 228 g/mol. The summed E-state index contributed by atoms with van der Waals surface area (Å²) >= 11 is 0. The molecule has 1 aromatic heterocycles. The van der Waals surface area contributed by atoms with Gasteiger partial charge in [-0.2, -0.15) is 5.10 Å². The van der Waals surface area contributed by atoms with Gasteiger partial charge in [0.2, 0.25) is 0 Å². The van der Waals surface area contributed by atoms with Gasteiger partial charge in [-0.05, 0) is 31.2 Å². The first kappa shape index (κ1) is 14.7. The van der Waals surface area contributed by atoms with Gasteiger partial charge >= 0.3 is 5.97 Å². The van der Waals surface area contributed by atoms with Crippen molar-refractivity contribution in [2.45, 2.75) is 52.4 Å². The van der Waals surface area contributed by atoms with Crippen LogP contribution in [0.3, 0.4) is 0 Å². The zero-order valence-corrected chi connectivity index (χ0v) is 11.6. The largest absolute Gasteiger partial charge is 0.481 e. The number of unbranched alkanes of at least 4 members (excludes halogenated alkanes) is 1. The molecule has 102 valence electrons. The number of aliphatic carboxylic acids is 1. The molecule has 0 aliphatic carbocycles. The lowest BCUT2D eigenvalue weighted by atomic mass is 9.76. The van der Waals surface area contributed by atoms with Crippen LogP contribution in [-0.4, -0.2) is 20.9 Å². The Morgan fingerprint density at radius 3 is 2.61 bits per heavy atom. The van der Waals surface area contributed by atoms with Crippen LogP contribution in [0.25, 0.3) is 0 Å². The highest BCUT2D eigenvalue weighted by Crippen LogP contribution is 2.34. The summed E-state index contributed by atoms with van der Waals surface area (Å²) in [6, 6.07) is 0. The molecule has 0 bridgehead atoms. The maximum Gasteiger partial charge on any atom is 0.309 e. The van der Waals surface area contributed by atoms with Gasteiger partial charge in [-0.3, -0.25) is 9.48 Å². The van der Waals surface area contributed by atoms with Gasteiger partial charge in [0.15, 0.2) is 0 Å². The number of aryl methyl sites for hydroxylation is 2. The molecule has 1 rings (SSSR count). The monoisotopic (exact) mass is 252 g/mol. The van der Waals surface area contributed by atoms with E-state index in [1.54, 1.807) is 4.68 Å². The van der Waals surface area contributed by atoms with Crippen LogP contribution < -0.4 is 0 Å². The molecule has 0 fully saturated rings. The standard InChI is InChI=1S/C14H24N2O2/c1-4-6-8-14(5-2,13(17)18)9-7-12-10-15-16(3)11-12/h10-11H,4-9H2,1-3H3,(H,17,18). The van der Waals surface area contributed by atoms with Gasteiger partial charge in [-0.25, -0.2) is 0 Å². The second-order valence-corrected chi connectivity index (χ2v) is 5.06. The summed E-state index contributed by atoms with van der Waals surface area (Å²) in [4.78, 5) is 11.6. The summed E-state index contributed by atoms with van der Waals surface area (Å²) in [5, 5.41) is 13.6. The first-order valence-electron chi connectivity index (χ1n) is 6.75. The maximum absolute atomic E-state index is 11.6. The van der Waals surface area contributed by atoms with Crippen LogP contribution >= 0.6 is 0 Å². The minimum atomic E-state index is -0.651. The fraction of sp³-hybridized carbons (Fsp3) is 0.714. The van der Waals surface area contributed by atoms with Crippen molar-refractivity contribution in [1.82, 2.24) is 9.78 Å². The molecule has 0 aliphatic heterocycles. The van der Waals surface area contributed by atoms with E-state index in [1.165, 1.54) is 0 Å². The van der Waals surface area contributed by atoms with Crippen molar-refractivity contribution < 1.29 is 9.90 Å². The Balaban J connectivity index is 2.68. The average molecular weight is 252 g/mol. The lowest BCUT2D eigenvalue weighted by molar-refractivity contribution is -0.150. The molecule has 18 heavy (non-hydrogen) atoms. The zero-order valence-electron chi connectivity index (χ0n) is 11.6. The predicted molar refractivity (Wildman–Crippen MR) is 71.4 cm³/mol. The number of aromatic nitrogens is 2. The molecule has 0 amide bonds. The molecule has 4 nitrogen and oxygen atoms in total. The van der Waals surface area contributed by atoms with Crippen molar-refractivity contribution in [2.75, 3.05) is 0 Å². The molecule has 0 aromatic carbocycles. The second-order valence-electron chi connectivity index (χ2n) is 5.06. The maximum atomic E-state index is 11.6. The number of carbonyl (C=O) groups is 1. The first-order valence-corrected chi connectivity index (χ1v) is 6.75. The highest BCUT2D eigenvalue weighted by atomic mass is 16.4. The Morgan fingerprint density at radius 2 is 2.17 bits per heavy atom. The minimum absolute atomic E-state index is 0.564. The number of hydrogen-bond donors (Lipinski definition) is 1. The van der Waals surface area contributed by atoms with Crippen LogP contribution in [0, 0.1) is 5.41 Å². The van der Waals surface area contributed by atoms with Crippen LogP contribution in [0.4, 0.5) is 0 Å². The third-order valence-electron chi connectivity index (χ3n) is 3.79. The Labute approximate surface area is 109 Å². The van der Waals surface area contributed by atoms with Crippen molar-refractivity contribution in [2.24, 2.45) is 12.5 Å². The summed E-state index contributed by atoms with van der Waals surface area (Å²) in [6.07, 6.45) is 8.76. The van der Waals surface area contributed by atoms with E-state index >= 15 is 0 Å². The molecule has 0 spiro atoms. The summed E-state index contributed by atoms with van der Waals surface area (Å²) in [6.45, 7) is 4.08. The second kappa shape index (κ2) is 6.57. The number of nitrogens with zero attached hydrogens (tertiary/aromatic N) is 2. The topological polar surface area (TPSA) is 55.1 Å². The molecule has 1 atom stereocenters. The van der Waals surface area contributed by atoms with Crippen LogP contribution in [0.15, 0.2) is 12.4 Å². The summed E-state index contributed by atoms with van der Waals surface area (Å²) in [5.74, 6) is -0.651. The van der Waals surface area contributed by atoms with E-state index in [-0.39, 0.29) is 0 Å². The predicted octanol–water partition coefficient (Wildman–Crippen LogP) is 3.02. The zero-order chi connectivity index (χ0) is 13.6. The normalized spacial score (nSPS) is 14.4. The van der Waals surface area contributed by atoms with Crippen molar-refractivity contribution >= 4 is 5.97 Å². The van der Waals surface area contributed by atoms with E-state index in [2.05, 4.69) is 12.0 Å². The third-order valence-corrected chi connectivity index (χ3v) is 3.79. The van der Waals surface area contributed by atoms with Crippen molar-refractivity contribution in [3.05, 3.63) is 18.0 Å². The summed E-state index contributed by atoms with van der Waals surface area (Å²) < 4.78 is 1.76. The Kier molecular flexibility index (Phi) is 5.38. The van der Waals surface area contributed by atoms with Crippen molar-refractivity contribution in [3.63, 3.8) is 0 Å². The fourth-order valence-electron chi connectivity index (χ4n) is 2.34. The quantitative estimate of drug-likeness (QED) is 0.773. The van der Waals surface area contributed by atoms with Crippen LogP contribution in [0.5, 0.6) is 0 Å². The highest BCUT2D eigenvalue weighted by Gasteiger charge is 2.35. The van der Waals surface area contributed by atoms with E-state index in [1.807, 2.05) is 26.4 Å². The molecule has 0 saturated carbocycles. The molecular formula is C14H24N2O2. The SMILES string of the molecule is CCCCC(CC)(CCc1cnn(C)c1)C(=O)O. The third kappa shape index (κ3) is 3.59. The van der Waals surface area contributed by atoms with Gasteiger partial charge in [0.25, 0.3) is 0 Å². The van der Waals surface area contributed by atoms with E-state index in [4.69, 9.17) is 0 Å². The van der Waals surface area contributed by atoms with E-state index in [9.17, 15) is 9.90 Å².